The number of nitro groups is 1. The molecule has 24 heavy (non-hydrogen) atoms. The van der Waals surface area contributed by atoms with Gasteiger partial charge in [0.2, 0.25) is 5.91 Å². The standard InChI is InChI=1S/C16H13ClN2O5/c1-24-15-7-6-10(8-13(15)19(22)23)14(20)9-16(21)18-12-5-3-2-4-11(12)17/h2-8H,9H2,1H3,(H,18,21). The maximum atomic E-state index is 12.1. The first kappa shape index (κ1) is 17.4. The Morgan fingerprint density at radius 1 is 1.25 bits per heavy atom. The van der Waals surface area contributed by atoms with Crippen molar-refractivity contribution in [2.45, 2.75) is 6.42 Å². The summed E-state index contributed by atoms with van der Waals surface area (Å²) >= 11 is 5.92. The van der Waals surface area contributed by atoms with Crippen LogP contribution < -0.4 is 10.1 Å². The predicted octanol–water partition coefficient (Wildman–Crippen LogP) is 3.47. The maximum Gasteiger partial charge on any atom is 0.311 e. The van der Waals surface area contributed by atoms with Gasteiger partial charge < -0.3 is 10.1 Å². The molecule has 7 nitrogen and oxygen atoms in total. The third-order valence-electron chi connectivity index (χ3n) is 3.17. The molecule has 0 unspecified atom stereocenters. The van der Waals surface area contributed by atoms with Crippen LogP contribution in [0.3, 0.4) is 0 Å². The molecule has 0 saturated heterocycles. The third kappa shape index (κ3) is 4.08. The minimum Gasteiger partial charge on any atom is -0.490 e. The van der Waals surface area contributed by atoms with Crippen LogP contribution in [0.2, 0.25) is 5.02 Å². The Hall–Kier alpha value is -2.93. The van der Waals surface area contributed by atoms with Gasteiger partial charge in [-0.2, -0.15) is 0 Å². The summed E-state index contributed by atoms with van der Waals surface area (Å²) in [6, 6.07) is 10.4. The lowest BCUT2D eigenvalue weighted by atomic mass is 10.1. The molecule has 8 heteroatoms. The van der Waals surface area contributed by atoms with E-state index in [1.54, 1.807) is 24.3 Å². The third-order valence-corrected chi connectivity index (χ3v) is 3.50. The maximum absolute atomic E-state index is 12.1. The normalized spacial score (nSPS) is 10.1. The Labute approximate surface area is 142 Å². The number of halogens is 1. The van der Waals surface area contributed by atoms with Crippen molar-refractivity contribution in [1.82, 2.24) is 0 Å². The molecule has 0 aromatic heterocycles. The summed E-state index contributed by atoms with van der Waals surface area (Å²) in [6.45, 7) is 0. The summed E-state index contributed by atoms with van der Waals surface area (Å²) in [6.07, 6.45) is -0.464. The van der Waals surface area contributed by atoms with E-state index in [1.165, 1.54) is 19.2 Å². The van der Waals surface area contributed by atoms with Crippen molar-refractivity contribution in [2.75, 3.05) is 12.4 Å². The molecule has 1 amide bonds. The number of ether oxygens (including phenoxy) is 1. The average Bonchev–Trinajstić information content (AvgIpc) is 2.56. The van der Waals surface area contributed by atoms with Crippen molar-refractivity contribution in [1.29, 1.82) is 0 Å². The van der Waals surface area contributed by atoms with E-state index in [0.717, 1.165) is 6.07 Å². The minimum atomic E-state index is -0.653. The Morgan fingerprint density at radius 3 is 2.58 bits per heavy atom. The summed E-state index contributed by atoms with van der Waals surface area (Å²) < 4.78 is 4.87. The topological polar surface area (TPSA) is 98.5 Å². The number of para-hydroxylation sites is 1. The molecule has 0 heterocycles. The van der Waals surface area contributed by atoms with Gasteiger partial charge >= 0.3 is 5.69 Å². The minimum absolute atomic E-state index is 0.0390. The number of rotatable bonds is 6. The van der Waals surface area contributed by atoms with E-state index in [1.807, 2.05) is 0 Å². The summed E-state index contributed by atoms with van der Waals surface area (Å²) in [4.78, 5) is 34.4. The van der Waals surface area contributed by atoms with E-state index in [4.69, 9.17) is 16.3 Å². The average molecular weight is 349 g/mol. The van der Waals surface area contributed by atoms with Crippen LogP contribution in [0.4, 0.5) is 11.4 Å². The van der Waals surface area contributed by atoms with Crippen LogP contribution in [-0.2, 0) is 4.79 Å². The van der Waals surface area contributed by atoms with Crippen LogP contribution in [0.5, 0.6) is 5.75 Å². The van der Waals surface area contributed by atoms with Crippen LogP contribution >= 0.6 is 11.6 Å². The highest BCUT2D eigenvalue weighted by atomic mass is 35.5. The number of anilines is 1. The Morgan fingerprint density at radius 2 is 1.96 bits per heavy atom. The van der Waals surface area contributed by atoms with Gasteiger partial charge in [0.15, 0.2) is 11.5 Å². The monoisotopic (exact) mass is 348 g/mol. The lowest BCUT2D eigenvalue weighted by Gasteiger charge is -2.07. The molecule has 2 rings (SSSR count). The van der Waals surface area contributed by atoms with Crippen molar-refractivity contribution in [3.8, 4) is 5.75 Å². The Balaban J connectivity index is 2.12. The predicted molar refractivity (Wildman–Crippen MR) is 88.7 cm³/mol. The Bertz CT molecular complexity index is 807. The number of carbonyl (C=O) groups is 2. The van der Waals surface area contributed by atoms with Crippen LogP contribution in [0.1, 0.15) is 16.8 Å². The molecule has 0 aliphatic carbocycles. The zero-order valence-corrected chi connectivity index (χ0v) is 13.4. The van der Waals surface area contributed by atoms with Gasteiger partial charge in [-0.1, -0.05) is 23.7 Å². The zero-order valence-electron chi connectivity index (χ0n) is 12.6. The fourth-order valence-electron chi connectivity index (χ4n) is 2.01. The van der Waals surface area contributed by atoms with Gasteiger partial charge in [-0.25, -0.2) is 0 Å². The summed E-state index contributed by atoms with van der Waals surface area (Å²) in [5.41, 5.74) is 0.101. The first-order chi connectivity index (χ1) is 11.4. The number of methoxy groups -OCH3 is 1. The van der Waals surface area contributed by atoms with E-state index < -0.39 is 23.0 Å². The van der Waals surface area contributed by atoms with E-state index in [0.29, 0.717) is 10.7 Å². The van der Waals surface area contributed by atoms with E-state index in [2.05, 4.69) is 5.32 Å². The number of nitro benzene ring substituents is 1. The number of ketones is 1. The van der Waals surface area contributed by atoms with E-state index >= 15 is 0 Å². The molecule has 2 aromatic rings. The van der Waals surface area contributed by atoms with Gasteiger partial charge in [-0.05, 0) is 24.3 Å². The Kier molecular flexibility index (Phi) is 5.49. The SMILES string of the molecule is COc1ccc(C(=O)CC(=O)Nc2ccccc2Cl)cc1[N+](=O)[O-]. The zero-order chi connectivity index (χ0) is 17.7. The molecule has 0 aliphatic heterocycles. The summed E-state index contributed by atoms with van der Waals surface area (Å²) in [5, 5.41) is 13.8. The second-order valence-electron chi connectivity index (χ2n) is 4.77. The lowest BCUT2D eigenvalue weighted by molar-refractivity contribution is -0.385. The van der Waals surface area contributed by atoms with E-state index in [9.17, 15) is 19.7 Å². The molecular formula is C16H13ClN2O5. The smallest absolute Gasteiger partial charge is 0.311 e. The van der Waals surface area contributed by atoms with Crippen molar-refractivity contribution >= 4 is 34.7 Å². The van der Waals surface area contributed by atoms with Crippen molar-refractivity contribution < 1.29 is 19.2 Å². The number of Topliss-reactive ketones (excluding diaryl/α,β-unsaturated/α-hetero) is 1. The quantitative estimate of drug-likeness (QED) is 0.373. The van der Waals surface area contributed by atoms with Gasteiger partial charge in [0.1, 0.15) is 0 Å². The lowest BCUT2D eigenvalue weighted by Crippen LogP contribution is -2.17. The number of benzene rings is 2. The van der Waals surface area contributed by atoms with Gasteiger partial charge in [0.25, 0.3) is 0 Å². The molecule has 0 atom stereocenters. The second-order valence-corrected chi connectivity index (χ2v) is 5.18. The van der Waals surface area contributed by atoms with Gasteiger partial charge in [-0.15, -0.1) is 0 Å². The molecule has 124 valence electrons. The van der Waals surface area contributed by atoms with Gasteiger partial charge in [0.05, 0.1) is 29.2 Å². The summed E-state index contributed by atoms with van der Waals surface area (Å²) in [5.74, 6) is -1.08. The van der Waals surface area contributed by atoms with Crippen molar-refractivity contribution in [2.24, 2.45) is 0 Å². The van der Waals surface area contributed by atoms with Crippen LogP contribution in [0, 0.1) is 10.1 Å². The fourth-order valence-corrected chi connectivity index (χ4v) is 2.19. The number of nitrogens with one attached hydrogen (secondary N) is 1. The molecule has 0 bridgehead atoms. The fraction of sp³-hybridized carbons (Fsp3) is 0.125. The number of nitrogens with zero attached hydrogens (tertiary/aromatic N) is 1. The number of amides is 1. The van der Waals surface area contributed by atoms with Crippen LogP contribution in [0.15, 0.2) is 42.5 Å². The number of hydrogen-bond donors (Lipinski definition) is 1. The molecule has 2 aromatic carbocycles. The molecule has 0 fully saturated rings. The van der Waals surface area contributed by atoms with Crippen molar-refractivity contribution in [3.05, 3.63) is 63.2 Å². The van der Waals surface area contributed by atoms with Gasteiger partial charge in [0, 0.05) is 11.6 Å². The number of carbonyl (C=O) groups excluding carboxylic acids is 2. The second kappa shape index (κ2) is 7.56. The molecule has 0 spiro atoms. The van der Waals surface area contributed by atoms with Crippen LogP contribution in [-0.4, -0.2) is 23.7 Å². The first-order valence-corrected chi connectivity index (χ1v) is 7.20. The largest absolute Gasteiger partial charge is 0.490 e. The molecule has 0 saturated carbocycles. The highest BCUT2D eigenvalue weighted by molar-refractivity contribution is 6.33. The van der Waals surface area contributed by atoms with Crippen LogP contribution in [0.25, 0.3) is 0 Å². The van der Waals surface area contributed by atoms with E-state index in [-0.39, 0.29) is 17.0 Å². The molecular weight excluding hydrogens is 336 g/mol. The first-order valence-electron chi connectivity index (χ1n) is 6.82. The summed E-state index contributed by atoms with van der Waals surface area (Å²) in [7, 11) is 1.29. The highest BCUT2D eigenvalue weighted by Gasteiger charge is 2.20. The number of hydrogen-bond acceptors (Lipinski definition) is 5. The van der Waals surface area contributed by atoms with Crippen molar-refractivity contribution in [3.63, 3.8) is 0 Å². The highest BCUT2D eigenvalue weighted by Crippen LogP contribution is 2.28. The molecule has 0 aliphatic rings. The van der Waals surface area contributed by atoms with Gasteiger partial charge in [-0.3, -0.25) is 19.7 Å². The molecule has 0 radical (unpaired) electrons. The molecule has 1 N–H and O–H groups in total.